The molecule has 0 aliphatic carbocycles. The molecular weight excluding hydrogens is 446 g/mol. The molecule has 0 aliphatic heterocycles. The van der Waals surface area contributed by atoms with Gasteiger partial charge >= 0.3 is 0 Å². The Morgan fingerprint density at radius 3 is 2.29 bits per heavy atom. The summed E-state index contributed by atoms with van der Waals surface area (Å²) in [5.74, 6) is 0.381. The highest BCUT2D eigenvalue weighted by Crippen LogP contribution is 2.23. The van der Waals surface area contributed by atoms with E-state index in [1.165, 1.54) is 11.8 Å². The number of hydrogen-bond acceptors (Lipinski definition) is 5. The number of amides is 2. The van der Waals surface area contributed by atoms with Crippen molar-refractivity contribution in [3.8, 4) is 5.69 Å². The fourth-order valence-corrected chi connectivity index (χ4v) is 4.31. The van der Waals surface area contributed by atoms with Gasteiger partial charge in [0.1, 0.15) is 5.82 Å². The highest BCUT2D eigenvalue weighted by atomic mass is 32.2. The Balaban J connectivity index is 1.42. The first-order valence-corrected chi connectivity index (χ1v) is 11.9. The van der Waals surface area contributed by atoms with Crippen molar-refractivity contribution in [2.24, 2.45) is 0 Å². The summed E-state index contributed by atoms with van der Waals surface area (Å²) in [4.78, 5) is 25.7. The Kier molecular flexibility index (Phi) is 7.39. The van der Waals surface area contributed by atoms with Crippen molar-refractivity contribution in [2.45, 2.75) is 25.0 Å². The second-order valence-corrected chi connectivity index (χ2v) is 8.63. The van der Waals surface area contributed by atoms with E-state index < -0.39 is 0 Å². The van der Waals surface area contributed by atoms with Gasteiger partial charge in [-0.3, -0.25) is 14.2 Å². The lowest BCUT2D eigenvalue weighted by atomic mass is 10.1. The molecule has 1 unspecified atom stereocenters. The van der Waals surface area contributed by atoms with E-state index in [2.05, 4.69) is 20.8 Å². The first kappa shape index (κ1) is 23.3. The summed E-state index contributed by atoms with van der Waals surface area (Å²) < 4.78 is 1.91. The van der Waals surface area contributed by atoms with Crippen molar-refractivity contribution in [3.05, 3.63) is 102 Å². The molecule has 172 valence electrons. The highest BCUT2D eigenvalue weighted by Gasteiger charge is 2.17. The van der Waals surface area contributed by atoms with Gasteiger partial charge in [0.15, 0.2) is 5.16 Å². The molecule has 0 spiro atoms. The molecule has 7 nitrogen and oxygen atoms in total. The molecule has 2 N–H and O–H groups in total. The maximum absolute atomic E-state index is 12.9. The zero-order valence-corrected chi connectivity index (χ0v) is 19.8. The van der Waals surface area contributed by atoms with Gasteiger partial charge in [0.25, 0.3) is 5.91 Å². The molecule has 0 radical (unpaired) electrons. The van der Waals surface area contributed by atoms with Gasteiger partial charge in [0, 0.05) is 5.69 Å². The summed E-state index contributed by atoms with van der Waals surface area (Å²) in [6.07, 6.45) is 0. The Hall–Kier alpha value is -3.91. The fourth-order valence-electron chi connectivity index (χ4n) is 3.52. The van der Waals surface area contributed by atoms with Crippen molar-refractivity contribution in [1.29, 1.82) is 0 Å². The van der Waals surface area contributed by atoms with E-state index in [0.717, 1.165) is 17.1 Å². The monoisotopic (exact) mass is 471 g/mol. The molecule has 1 aromatic heterocycles. The summed E-state index contributed by atoms with van der Waals surface area (Å²) in [6, 6.07) is 26.3. The van der Waals surface area contributed by atoms with Crippen LogP contribution in [0.5, 0.6) is 0 Å². The Morgan fingerprint density at radius 1 is 0.912 bits per heavy atom. The molecule has 8 heteroatoms. The lowest BCUT2D eigenvalue weighted by molar-refractivity contribution is -0.113. The van der Waals surface area contributed by atoms with Crippen molar-refractivity contribution in [2.75, 3.05) is 11.1 Å². The van der Waals surface area contributed by atoms with E-state index in [4.69, 9.17) is 0 Å². The van der Waals surface area contributed by atoms with E-state index in [0.29, 0.717) is 16.4 Å². The molecule has 4 rings (SSSR count). The van der Waals surface area contributed by atoms with Crippen LogP contribution in [-0.4, -0.2) is 32.3 Å². The quantitative estimate of drug-likeness (QED) is 0.361. The minimum atomic E-state index is -0.251. The van der Waals surface area contributed by atoms with Crippen LogP contribution in [0.25, 0.3) is 5.69 Å². The van der Waals surface area contributed by atoms with Crippen LogP contribution < -0.4 is 10.6 Å². The smallest absolute Gasteiger partial charge is 0.253 e. The maximum Gasteiger partial charge on any atom is 0.253 e. The number of carbonyl (C=O) groups excluding carboxylic acids is 2. The third-order valence-electron chi connectivity index (χ3n) is 5.23. The lowest BCUT2D eigenvalue weighted by Crippen LogP contribution is -2.28. The van der Waals surface area contributed by atoms with Gasteiger partial charge in [-0.25, -0.2) is 0 Å². The van der Waals surface area contributed by atoms with Crippen molar-refractivity contribution < 1.29 is 9.59 Å². The molecule has 0 saturated carbocycles. The molecule has 1 atom stereocenters. The number of carbonyl (C=O) groups is 2. The highest BCUT2D eigenvalue weighted by molar-refractivity contribution is 7.99. The molecule has 2 amide bonds. The number of para-hydroxylation sites is 2. The largest absolute Gasteiger partial charge is 0.345 e. The first-order valence-electron chi connectivity index (χ1n) is 10.9. The topological polar surface area (TPSA) is 88.9 Å². The number of benzene rings is 3. The lowest BCUT2D eigenvalue weighted by Gasteiger charge is -2.16. The van der Waals surface area contributed by atoms with Crippen LogP contribution in [0.3, 0.4) is 0 Å². The van der Waals surface area contributed by atoms with E-state index in [1.807, 2.05) is 79.1 Å². The average molecular weight is 472 g/mol. The summed E-state index contributed by atoms with van der Waals surface area (Å²) in [5.41, 5.74) is 2.81. The summed E-state index contributed by atoms with van der Waals surface area (Å²) >= 11 is 1.29. The molecule has 0 bridgehead atoms. The number of thioether (sulfide) groups is 1. The van der Waals surface area contributed by atoms with Gasteiger partial charge in [0.2, 0.25) is 5.91 Å². The number of aryl methyl sites for hydroxylation is 1. The van der Waals surface area contributed by atoms with Crippen molar-refractivity contribution in [1.82, 2.24) is 20.1 Å². The second-order valence-electron chi connectivity index (χ2n) is 7.69. The van der Waals surface area contributed by atoms with Gasteiger partial charge in [-0.15, -0.1) is 10.2 Å². The minimum Gasteiger partial charge on any atom is -0.345 e. The number of nitrogens with one attached hydrogen (secondary N) is 2. The Bertz CT molecular complexity index is 1270. The van der Waals surface area contributed by atoms with Crippen LogP contribution in [-0.2, 0) is 4.79 Å². The number of hydrogen-bond donors (Lipinski definition) is 2. The molecule has 3 aromatic carbocycles. The zero-order valence-electron chi connectivity index (χ0n) is 18.9. The third-order valence-corrected chi connectivity index (χ3v) is 6.16. The van der Waals surface area contributed by atoms with Gasteiger partial charge in [-0.05, 0) is 43.7 Å². The van der Waals surface area contributed by atoms with Crippen LogP contribution in [0.2, 0.25) is 0 Å². The number of anilines is 1. The summed E-state index contributed by atoms with van der Waals surface area (Å²) in [6.45, 7) is 3.80. The molecule has 0 saturated heterocycles. The minimum absolute atomic E-state index is 0.126. The van der Waals surface area contributed by atoms with Crippen LogP contribution in [0, 0.1) is 6.92 Å². The van der Waals surface area contributed by atoms with E-state index in [1.54, 1.807) is 24.3 Å². The van der Waals surface area contributed by atoms with Gasteiger partial charge in [-0.2, -0.15) is 0 Å². The van der Waals surface area contributed by atoms with E-state index in [9.17, 15) is 9.59 Å². The predicted molar refractivity (Wildman–Crippen MR) is 134 cm³/mol. The number of rotatable bonds is 8. The predicted octanol–water partition coefficient (Wildman–Crippen LogP) is 4.80. The molecule has 1 heterocycles. The first-order chi connectivity index (χ1) is 16.5. The third kappa shape index (κ3) is 5.52. The maximum atomic E-state index is 12.9. The van der Waals surface area contributed by atoms with E-state index >= 15 is 0 Å². The zero-order chi connectivity index (χ0) is 23.9. The van der Waals surface area contributed by atoms with Crippen LogP contribution in [0.4, 0.5) is 5.69 Å². The Morgan fingerprint density at radius 2 is 1.56 bits per heavy atom. The van der Waals surface area contributed by atoms with Gasteiger partial charge < -0.3 is 10.6 Å². The second kappa shape index (κ2) is 10.8. The van der Waals surface area contributed by atoms with Crippen LogP contribution in [0.15, 0.2) is 90.1 Å². The molecule has 4 aromatic rings. The molecule has 34 heavy (non-hydrogen) atoms. The van der Waals surface area contributed by atoms with Crippen LogP contribution in [0.1, 0.15) is 34.7 Å². The Labute approximate surface area is 202 Å². The number of aromatic nitrogens is 3. The van der Waals surface area contributed by atoms with Crippen LogP contribution >= 0.6 is 11.8 Å². The summed E-state index contributed by atoms with van der Waals surface area (Å²) in [7, 11) is 0. The SMILES string of the molecule is Cc1nnc(SCC(=O)Nc2ccccc2C(=O)NC(C)c2ccccc2)n1-c1ccccc1. The normalized spacial score (nSPS) is 11.6. The summed E-state index contributed by atoms with van der Waals surface area (Å²) in [5, 5.41) is 14.8. The average Bonchev–Trinajstić information content (AvgIpc) is 3.24. The van der Waals surface area contributed by atoms with Gasteiger partial charge in [0.05, 0.1) is 23.0 Å². The van der Waals surface area contributed by atoms with E-state index in [-0.39, 0.29) is 23.6 Å². The van der Waals surface area contributed by atoms with Crippen molar-refractivity contribution >= 4 is 29.3 Å². The van der Waals surface area contributed by atoms with Gasteiger partial charge in [-0.1, -0.05) is 72.4 Å². The fraction of sp³-hybridized carbons (Fsp3) is 0.154. The number of nitrogens with zero attached hydrogens (tertiary/aromatic N) is 3. The molecule has 0 fully saturated rings. The molecular formula is C26H25N5O2S. The van der Waals surface area contributed by atoms with Crippen molar-refractivity contribution in [3.63, 3.8) is 0 Å². The molecule has 0 aliphatic rings. The standard InChI is InChI=1S/C26H25N5O2S/c1-18(20-11-5-3-6-12-20)27-25(33)22-15-9-10-16-23(22)28-24(32)17-34-26-30-29-19(2)31(26)21-13-7-4-8-14-21/h3-16,18H,17H2,1-2H3,(H,27,33)(H,28,32).